The van der Waals surface area contributed by atoms with Gasteiger partial charge in [0.25, 0.3) is 5.95 Å². The van der Waals surface area contributed by atoms with Crippen LogP contribution in [0.4, 0.5) is 0 Å². The van der Waals surface area contributed by atoms with Crippen LogP contribution in [0.1, 0.15) is 26.3 Å². The van der Waals surface area contributed by atoms with E-state index in [1.165, 1.54) is 5.56 Å². The van der Waals surface area contributed by atoms with Gasteiger partial charge in [-0.05, 0) is 36.2 Å². The van der Waals surface area contributed by atoms with Gasteiger partial charge in [-0.25, -0.2) is 0 Å². The number of hydrogen-bond acceptors (Lipinski definition) is 3. The molecule has 3 nitrogen and oxygen atoms in total. The summed E-state index contributed by atoms with van der Waals surface area (Å²) in [5, 5.41) is 1.08. The summed E-state index contributed by atoms with van der Waals surface area (Å²) < 4.78 is 12.1. The molecule has 0 unspecified atom stereocenters. The summed E-state index contributed by atoms with van der Waals surface area (Å²) in [5.41, 5.74) is 4.25. The van der Waals surface area contributed by atoms with Crippen molar-refractivity contribution in [3.8, 4) is 17.1 Å². The zero-order valence-corrected chi connectivity index (χ0v) is 15.5. The first kappa shape index (κ1) is 15.8. The van der Waals surface area contributed by atoms with E-state index in [9.17, 15) is 0 Å². The largest absolute Gasteiger partial charge is 0.522 e. The molecule has 0 spiro atoms. The maximum absolute atomic E-state index is 6.08. The van der Waals surface area contributed by atoms with Gasteiger partial charge in [0, 0.05) is 23.3 Å². The van der Waals surface area contributed by atoms with E-state index in [4.69, 9.17) is 8.84 Å². The average Bonchev–Trinajstić information content (AvgIpc) is 2.83. The van der Waals surface area contributed by atoms with E-state index >= 15 is 0 Å². The van der Waals surface area contributed by atoms with Crippen LogP contribution in [0.5, 0.6) is 5.95 Å². The van der Waals surface area contributed by atoms with Crippen LogP contribution < -0.4 is 4.43 Å². The smallest absolute Gasteiger partial charge is 0.279 e. The number of pyridine rings is 1. The number of furan rings is 1. The molecule has 2 heterocycles. The highest BCUT2D eigenvalue weighted by Gasteiger charge is 2.21. The van der Waals surface area contributed by atoms with E-state index in [0.717, 1.165) is 22.1 Å². The molecule has 4 heteroatoms. The Labute approximate surface area is 139 Å². The number of aromatic nitrogens is 1. The van der Waals surface area contributed by atoms with E-state index in [1.54, 1.807) is 6.20 Å². The third-order valence-corrected chi connectivity index (χ3v) is 4.50. The van der Waals surface area contributed by atoms with Gasteiger partial charge in [-0.1, -0.05) is 39.0 Å². The summed E-state index contributed by atoms with van der Waals surface area (Å²) in [6.07, 6.45) is 3.64. The lowest BCUT2D eigenvalue weighted by atomic mass is 9.86. The number of rotatable bonds is 3. The zero-order valence-electron chi connectivity index (χ0n) is 14.4. The van der Waals surface area contributed by atoms with Crippen molar-refractivity contribution in [1.29, 1.82) is 0 Å². The van der Waals surface area contributed by atoms with Crippen molar-refractivity contribution in [2.24, 2.45) is 0 Å². The summed E-state index contributed by atoms with van der Waals surface area (Å²) in [6.45, 7) is 10.9. The molecule has 0 aliphatic rings. The number of fused-ring (bicyclic) bond motifs is 1. The summed E-state index contributed by atoms with van der Waals surface area (Å²) >= 11 is 0. The quantitative estimate of drug-likeness (QED) is 0.624. The molecule has 0 amide bonds. The van der Waals surface area contributed by atoms with Crippen molar-refractivity contribution >= 4 is 20.0 Å². The standard InChI is InChI=1S/C19H23NO2Si/c1-19(2,3)14-8-9-15-16(11-14)21-18(22-23(4)5)17(15)13-7-6-10-20-12-13/h6-12,23H,1-5H3. The van der Waals surface area contributed by atoms with Crippen LogP contribution in [0.3, 0.4) is 0 Å². The van der Waals surface area contributed by atoms with Crippen LogP contribution in [-0.4, -0.2) is 14.0 Å². The highest BCUT2D eigenvalue weighted by atomic mass is 28.3. The summed E-state index contributed by atoms with van der Waals surface area (Å²) in [5.74, 6) is 0.626. The van der Waals surface area contributed by atoms with Crippen LogP contribution in [-0.2, 0) is 5.41 Å². The molecule has 0 aliphatic carbocycles. The van der Waals surface area contributed by atoms with Crippen molar-refractivity contribution in [3.63, 3.8) is 0 Å². The van der Waals surface area contributed by atoms with Crippen LogP contribution in [0.15, 0.2) is 47.1 Å². The highest BCUT2D eigenvalue weighted by Crippen LogP contribution is 2.41. The number of nitrogens with zero attached hydrogens (tertiary/aromatic N) is 1. The SMILES string of the molecule is C[SiH](C)Oc1oc2cc(C(C)(C)C)ccc2c1-c1cccnc1. The summed E-state index contributed by atoms with van der Waals surface area (Å²) in [4.78, 5) is 4.24. The van der Waals surface area contributed by atoms with Gasteiger partial charge in [0.2, 0.25) is 9.04 Å². The maximum atomic E-state index is 6.08. The molecular weight excluding hydrogens is 302 g/mol. The van der Waals surface area contributed by atoms with Crippen molar-refractivity contribution < 1.29 is 8.84 Å². The molecule has 0 atom stereocenters. The molecule has 1 aromatic carbocycles. The summed E-state index contributed by atoms with van der Waals surface area (Å²) in [6, 6.07) is 10.4. The maximum Gasteiger partial charge on any atom is 0.279 e. The minimum atomic E-state index is -1.27. The topological polar surface area (TPSA) is 35.3 Å². The Hall–Kier alpha value is -2.07. The fourth-order valence-corrected chi connectivity index (χ4v) is 3.22. The zero-order chi connectivity index (χ0) is 16.6. The minimum absolute atomic E-state index is 0.0866. The second-order valence-electron chi connectivity index (χ2n) is 7.13. The Morgan fingerprint density at radius 1 is 1.13 bits per heavy atom. The minimum Gasteiger partial charge on any atom is -0.522 e. The number of benzene rings is 1. The van der Waals surface area contributed by atoms with Gasteiger partial charge in [-0.2, -0.15) is 0 Å². The van der Waals surface area contributed by atoms with Crippen LogP contribution in [0, 0.1) is 0 Å². The van der Waals surface area contributed by atoms with E-state index in [-0.39, 0.29) is 5.41 Å². The highest BCUT2D eigenvalue weighted by molar-refractivity contribution is 6.49. The van der Waals surface area contributed by atoms with Crippen LogP contribution >= 0.6 is 0 Å². The first-order chi connectivity index (χ1) is 10.9. The molecule has 0 saturated heterocycles. The molecule has 0 bridgehead atoms. The Balaban J connectivity index is 2.23. The molecule has 2 aromatic heterocycles. The average molecular weight is 325 g/mol. The van der Waals surface area contributed by atoms with Crippen LogP contribution in [0.2, 0.25) is 13.1 Å². The Morgan fingerprint density at radius 3 is 2.52 bits per heavy atom. The monoisotopic (exact) mass is 325 g/mol. The third kappa shape index (κ3) is 3.17. The molecular formula is C19H23NO2Si. The molecule has 0 fully saturated rings. The Bertz CT molecular complexity index is 816. The molecule has 0 N–H and O–H groups in total. The van der Waals surface area contributed by atoms with E-state index in [1.807, 2.05) is 18.3 Å². The normalized spacial score (nSPS) is 12.1. The van der Waals surface area contributed by atoms with E-state index in [2.05, 4.69) is 57.0 Å². The van der Waals surface area contributed by atoms with Gasteiger partial charge in [-0.3, -0.25) is 4.98 Å². The fourth-order valence-electron chi connectivity index (χ4n) is 2.62. The Morgan fingerprint density at radius 2 is 1.91 bits per heavy atom. The molecule has 0 saturated carbocycles. The van der Waals surface area contributed by atoms with Gasteiger partial charge in [0.1, 0.15) is 5.58 Å². The molecule has 23 heavy (non-hydrogen) atoms. The van der Waals surface area contributed by atoms with Gasteiger partial charge >= 0.3 is 0 Å². The molecule has 3 rings (SSSR count). The van der Waals surface area contributed by atoms with E-state index in [0.29, 0.717) is 5.95 Å². The van der Waals surface area contributed by atoms with Crippen LogP contribution in [0.25, 0.3) is 22.1 Å². The number of hydrogen-bond donors (Lipinski definition) is 0. The lowest BCUT2D eigenvalue weighted by molar-refractivity contribution is 0.416. The first-order valence-electron chi connectivity index (χ1n) is 8.00. The second-order valence-corrected chi connectivity index (χ2v) is 9.47. The first-order valence-corrected chi connectivity index (χ1v) is 10.8. The van der Waals surface area contributed by atoms with Crippen molar-refractivity contribution in [1.82, 2.24) is 4.98 Å². The lowest BCUT2D eigenvalue weighted by Gasteiger charge is -2.18. The van der Waals surface area contributed by atoms with Gasteiger partial charge in [0.15, 0.2) is 0 Å². The van der Waals surface area contributed by atoms with Crippen molar-refractivity contribution in [2.75, 3.05) is 0 Å². The van der Waals surface area contributed by atoms with Gasteiger partial charge in [-0.15, -0.1) is 0 Å². The Kier molecular flexibility index (Phi) is 4.02. The molecule has 0 aliphatic heterocycles. The fraction of sp³-hybridized carbons (Fsp3) is 0.316. The third-order valence-electron chi connectivity index (χ3n) is 3.82. The molecule has 0 radical (unpaired) electrons. The summed E-state index contributed by atoms with van der Waals surface area (Å²) in [7, 11) is -1.27. The molecule has 3 aromatic rings. The van der Waals surface area contributed by atoms with Crippen molar-refractivity contribution in [2.45, 2.75) is 39.3 Å². The predicted molar refractivity (Wildman–Crippen MR) is 97.7 cm³/mol. The van der Waals surface area contributed by atoms with Gasteiger partial charge in [0.05, 0.1) is 5.56 Å². The van der Waals surface area contributed by atoms with E-state index < -0.39 is 9.04 Å². The second kappa shape index (κ2) is 5.85. The lowest BCUT2D eigenvalue weighted by Crippen LogP contribution is -2.11. The van der Waals surface area contributed by atoms with Gasteiger partial charge < -0.3 is 8.84 Å². The molecule has 120 valence electrons. The van der Waals surface area contributed by atoms with Crippen molar-refractivity contribution in [3.05, 3.63) is 48.3 Å². The predicted octanol–water partition coefficient (Wildman–Crippen LogP) is 5.15.